The average Bonchev–Trinajstić information content (AvgIpc) is 3.01. The number of thiophene rings is 1. The van der Waals surface area contributed by atoms with Crippen molar-refractivity contribution < 1.29 is 0 Å². The standard InChI is InChI=1S/C15H9N3OS/c16-8-12-11(14-4-2-6-20-14)7-13(18-15(12)19)10-3-1-5-17-9-10/h1-7,9H,(H,18,19). The van der Waals surface area contributed by atoms with Gasteiger partial charge in [-0.05, 0) is 29.6 Å². The molecule has 0 aliphatic heterocycles. The zero-order chi connectivity index (χ0) is 13.9. The first-order valence-electron chi connectivity index (χ1n) is 5.91. The molecule has 0 unspecified atom stereocenters. The number of pyridine rings is 2. The number of nitrogens with zero attached hydrogens (tertiary/aromatic N) is 2. The van der Waals surface area contributed by atoms with Crippen molar-refractivity contribution in [3.63, 3.8) is 0 Å². The molecule has 0 saturated heterocycles. The number of H-pyrrole nitrogens is 1. The Kier molecular flexibility index (Phi) is 3.15. The van der Waals surface area contributed by atoms with Gasteiger partial charge >= 0.3 is 0 Å². The van der Waals surface area contributed by atoms with Gasteiger partial charge in [-0.2, -0.15) is 5.26 Å². The highest BCUT2D eigenvalue weighted by molar-refractivity contribution is 7.13. The quantitative estimate of drug-likeness (QED) is 0.783. The van der Waals surface area contributed by atoms with Gasteiger partial charge in [0, 0.05) is 28.4 Å². The second kappa shape index (κ2) is 5.11. The molecule has 0 bridgehead atoms. The van der Waals surface area contributed by atoms with Crippen molar-refractivity contribution in [1.29, 1.82) is 5.26 Å². The van der Waals surface area contributed by atoms with E-state index < -0.39 is 0 Å². The predicted molar refractivity (Wildman–Crippen MR) is 78.3 cm³/mol. The lowest BCUT2D eigenvalue weighted by Gasteiger charge is -2.05. The molecule has 0 aliphatic rings. The third kappa shape index (κ3) is 2.13. The second-order valence-electron chi connectivity index (χ2n) is 4.13. The molecule has 0 radical (unpaired) electrons. The highest BCUT2D eigenvalue weighted by atomic mass is 32.1. The van der Waals surface area contributed by atoms with E-state index in [2.05, 4.69) is 9.97 Å². The fourth-order valence-electron chi connectivity index (χ4n) is 1.97. The second-order valence-corrected chi connectivity index (χ2v) is 5.08. The van der Waals surface area contributed by atoms with Gasteiger partial charge in [-0.25, -0.2) is 0 Å². The first-order chi connectivity index (χ1) is 9.79. The molecule has 0 spiro atoms. The smallest absolute Gasteiger partial charge is 0.267 e. The fraction of sp³-hybridized carbons (Fsp3) is 0. The summed E-state index contributed by atoms with van der Waals surface area (Å²) in [6, 6.07) is 11.3. The minimum absolute atomic E-state index is 0.139. The zero-order valence-corrected chi connectivity index (χ0v) is 11.1. The van der Waals surface area contributed by atoms with Gasteiger partial charge in [-0.15, -0.1) is 11.3 Å². The summed E-state index contributed by atoms with van der Waals surface area (Å²) >= 11 is 1.50. The van der Waals surface area contributed by atoms with E-state index >= 15 is 0 Å². The van der Waals surface area contributed by atoms with Crippen LogP contribution in [0.5, 0.6) is 0 Å². The molecule has 0 atom stereocenters. The number of rotatable bonds is 2. The van der Waals surface area contributed by atoms with Gasteiger partial charge in [0.15, 0.2) is 0 Å². The Morgan fingerprint density at radius 1 is 1.30 bits per heavy atom. The van der Waals surface area contributed by atoms with Gasteiger partial charge in [0.2, 0.25) is 0 Å². The van der Waals surface area contributed by atoms with Crippen molar-refractivity contribution in [3.05, 3.63) is 64.0 Å². The summed E-state index contributed by atoms with van der Waals surface area (Å²) < 4.78 is 0. The summed E-state index contributed by atoms with van der Waals surface area (Å²) in [6.45, 7) is 0. The molecule has 4 nitrogen and oxygen atoms in total. The summed E-state index contributed by atoms with van der Waals surface area (Å²) in [7, 11) is 0. The van der Waals surface area contributed by atoms with Crippen molar-refractivity contribution in [2.24, 2.45) is 0 Å². The van der Waals surface area contributed by atoms with E-state index in [1.807, 2.05) is 35.7 Å². The van der Waals surface area contributed by atoms with Crippen molar-refractivity contribution in [2.75, 3.05) is 0 Å². The molecule has 0 saturated carbocycles. The lowest BCUT2D eigenvalue weighted by Crippen LogP contribution is -2.12. The van der Waals surface area contributed by atoms with E-state index in [0.29, 0.717) is 11.3 Å². The number of nitrogens with one attached hydrogen (secondary N) is 1. The normalized spacial score (nSPS) is 10.2. The van der Waals surface area contributed by atoms with Crippen molar-refractivity contribution in [2.45, 2.75) is 0 Å². The Morgan fingerprint density at radius 3 is 2.85 bits per heavy atom. The lowest BCUT2D eigenvalue weighted by molar-refractivity contribution is 1.21. The number of nitriles is 1. The average molecular weight is 279 g/mol. The van der Waals surface area contributed by atoms with E-state index in [1.54, 1.807) is 18.5 Å². The third-order valence-electron chi connectivity index (χ3n) is 2.90. The minimum atomic E-state index is -0.378. The SMILES string of the molecule is N#Cc1c(-c2cccs2)cc(-c2cccnc2)[nH]c1=O. The molecule has 3 aromatic rings. The number of hydrogen-bond donors (Lipinski definition) is 1. The molecule has 0 fully saturated rings. The van der Waals surface area contributed by atoms with Crippen molar-refractivity contribution >= 4 is 11.3 Å². The summed E-state index contributed by atoms with van der Waals surface area (Å²) in [5, 5.41) is 11.1. The minimum Gasteiger partial charge on any atom is -0.321 e. The van der Waals surface area contributed by atoms with Crippen LogP contribution in [0, 0.1) is 11.3 Å². The summed E-state index contributed by atoms with van der Waals surface area (Å²) in [5.74, 6) is 0. The first kappa shape index (κ1) is 12.3. The summed E-state index contributed by atoms with van der Waals surface area (Å²) in [5.41, 5.74) is 1.89. The van der Waals surface area contributed by atoms with E-state index in [9.17, 15) is 10.1 Å². The maximum Gasteiger partial charge on any atom is 0.267 e. The van der Waals surface area contributed by atoms with E-state index in [4.69, 9.17) is 0 Å². The van der Waals surface area contributed by atoms with Gasteiger partial charge in [0.05, 0.1) is 5.69 Å². The monoisotopic (exact) mass is 279 g/mol. The van der Waals surface area contributed by atoms with Gasteiger partial charge in [0.1, 0.15) is 11.6 Å². The van der Waals surface area contributed by atoms with E-state index in [-0.39, 0.29) is 11.1 Å². The zero-order valence-electron chi connectivity index (χ0n) is 10.3. The summed E-state index contributed by atoms with van der Waals surface area (Å²) in [4.78, 5) is 19.7. The molecule has 1 N–H and O–H groups in total. The van der Waals surface area contributed by atoms with Crippen LogP contribution in [0.4, 0.5) is 0 Å². The number of aromatic amines is 1. The predicted octanol–water partition coefficient (Wildman–Crippen LogP) is 3.04. The van der Waals surface area contributed by atoms with Crippen molar-refractivity contribution in [1.82, 2.24) is 9.97 Å². The van der Waals surface area contributed by atoms with E-state index in [0.717, 1.165) is 10.4 Å². The molecule has 0 amide bonds. The maximum absolute atomic E-state index is 12.1. The topological polar surface area (TPSA) is 69.5 Å². The van der Waals surface area contributed by atoms with Gasteiger partial charge in [-0.1, -0.05) is 6.07 Å². The molecule has 96 valence electrons. The largest absolute Gasteiger partial charge is 0.321 e. The molecular formula is C15H9N3OS. The molecule has 20 heavy (non-hydrogen) atoms. The first-order valence-corrected chi connectivity index (χ1v) is 6.79. The van der Waals surface area contributed by atoms with Crippen LogP contribution in [0.1, 0.15) is 5.56 Å². The van der Waals surface area contributed by atoms with Crippen LogP contribution >= 0.6 is 11.3 Å². The van der Waals surface area contributed by atoms with Gasteiger partial charge < -0.3 is 4.98 Å². The summed E-state index contributed by atoms with van der Waals surface area (Å²) in [6.07, 6.45) is 3.35. The van der Waals surface area contributed by atoms with Crippen LogP contribution < -0.4 is 5.56 Å². The molecule has 0 aromatic carbocycles. The van der Waals surface area contributed by atoms with Crippen LogP contribution in [0.15, 0.2) is 52.9 Å². The molecule has 3 rings (SSSR count). The Labute approximate surface area is 119 Å². The lowest BCUT2D eigenvalue weighted by atomic mass is 10.1. The Hall–Kier alpha value is -2.71. The van der Waals surface area contributed by atoms with Crippen LogP contribution in [-0.4, -0.2) is 9.97 Å². The fourth-order valence-corrected chi connectivity index (χ4v) is 2.72. The highest BCUT2D eigenvalue weighted by Crippen LogP contribution is 2.28. The molecule has 0 aliphatic carbocycles. The Bertz CT molecular complexity index is 830. The molecular weight excluding hydrogens is 270 g/mol. The van der Waals surface area contributed by atoms with Crippen LogP contribution in [0.25, 0.3) is 21.7 Å². The molecule has 5 heteroatoms. The van der Waals surface area contributed by atoms with Crippen molar-refractivity contribution in [3.8, 4) is 27.8 Å². The Balaban J connectivity index is 2.27. The highest BCUT2D eigenvalue weighted by Gasteiger charge is 2.12. The Morgan fingerprint density at radius 2 is 2.20 bits per heavy atom. The maximum atomic E-state index is 12.1. The van der Waals surface area contributed by atoms with Crippen LogP contribution in [0.2, 0.25) is 0 Å². The number of aromatic nitrogens is 2. The number of hydrogen-bond acceptors (Lipinski definition) is 4. The molecule has 3 aromatic heterocycles. The van der Waals surface area contributed by atoms with Gasteiger partial charge in [0.25, 0.3) is 5.56 Å². The van der Waals surface area contributed by atoms with Crippen LogP contribution in [-0.2, 0) is 0 Å². The van der Waals surface area contributed by atoms with Crippen LogP contribution in [0.3, 0.4) is 0 Å². The van der Waals surface area contributed by atoms with E-state index in [1.165, 1.54) is 11.3 Å². The molecule has 3 heterocycles. The van der Waals surface area contributed by atoms with Gasteiger partial charge in [-0.3, -0.25) is 9.78 Å². The third-order valence-corrected chi connectivity index (χ3v) is 3.81.